The maximum absolute atomic E-state index is 12.6. The molecule has 1 aliphatic heterocycles. The highest BCUT2D eigenvalue weighted by Gasteiger charge is 2.23. The molecule has 1 aliphatic rings. The van der Waals surface area contributed by atoms with Crippen molar-refractivity contribution in [1.29, 1.82) is 5.26 Å². The Morgan fingerprint density at radius 1 is 1.08 bits per heavy atom. The van der Waals surface area contributed by atoms with Gasteiger partial charge in [-0.3, -0.25) is 4.79 Å². The van der Waals surface area contributed by atoms with Crippen molar-refractivity contribution in [3.05, 3.63) is 59.7 Å². The molecule has 1 saturated heterocycles. The predicted octanol–water partition coefficient (Wildman–Crippen LogP) is 2.53. The molecule has 0 atom stereocenters. The second-order valence-electron chi connectivity index (χ2n) is 5.64. The van der Waals surface area contributed by atoms with Crippen molar-refractivity contribution >= 4 is 11.6 Å². The van der Waals surface area contributed by atoms with Gasteiger partial charge in [-0.05, 0) is 30.3 Å². The number of rotatable bonds is 3. The number of carbonyl (C=O) groups excluding carboxylic acids is 1. The van der Waals surface area contributed by atoms with Gasteiger partial charge in [-0.25, -0.2) is 0 Å². The van der Waals surface area contributed by atoms with Gasteiger partial charge in [0.25, 0.3) is 5.91 Å². The monoisotopic (exact) mass is 321 g/mol. The lowest BCUT2D eigenvalue weighted by molar-refractivity contribution is 0.0746. The van der Waals surface area contributed by atoms with E-state index in [2.05, 4.69) is 11.0 Å². The molecule has 1 heterocycles. The number of para-hydroxylation sites is 2. The molecule has 0 aliphatic carbocycles. The quantitative estimate of drug-likeness (QED) is 0.872. The van der Waals surface area contributed by atoms with Gasteiger partial charge in [0.2, 0.25) is 0 Å². The minimum Gasteiger partial charge on any atom is -0.495 e. The molecular weight excluding hydrogens is 302 g/mol. The lowest BCUT2D eigenvalue weighted by atomic mass is 10.1. The number of hydrogen-bond donors (Lipinski definition) is 0. The third kappa shape index (κ3) is 3.18. The van der Waals surface area contributed by atoms with E-state index in [0.717, 1.165) is 24.5 Å². The average Bonchev–Trinajstić information content (AvgIpc) is 2.67. The first-order chi connectivity index (χ1) is 11.7. The lowest BCUT2D eigenvalue weighted by Crippen LogP contribution is -2.48. The van der Waals surface area contributed by atoms with Crippen LogP contribution in [0.3, 0.4) is 0 Å². The number of nitrogens with zero attached hydrogens (tertiary/aromatic N) is 3. The van der Waals surface area contributed by atoms with Crippen molar-refractivity contribution in [2.24, 2.45) is 0 Å². The molecule has 1 amide bonds. The Morgan fingerprint density at radius 3 is 2.54 bits per heavy atom. The molecule has 1 fully saturated rings. The summed E-state index contributed by atoms with van der Waals surface area (Å²) in [5.74, 6) is 0.825. The Labute approximate surface area is 141 Å². The summed E-state index contributed by atoms with van der Waals surface area (Å²) in [5.41, 5.74) is 2.13. The van der Waals surface area contributed by atoms with E-state index in [9.17, 15) is 4.79 Å². The number of piperazine rings is 1. The molecule has 0 N–H and O–H groups in total. The van der Waals surface area contributed by atoms with E-state index in [1.54, 1.807) is 31.4 Å². The zero-order valence-electron chi connectivity index (χ0n) is 13.6. The van der Waals surface area contributed by atoms with Crippen molar-refractivity contribution < 1.29 is 9.53 Å². The molecule has 24 heavy (non-hydrogen) atoms. The molecule has 0 saturated carbocycles. The molecule has 2 aromatic rings. The van der Waals surface area contributed by atoms with Gasteiger partial charge in [0.1, 0.15) is 5.75 Å². The number of nitriles is 1. The summed E-state index contributed by atoms with van der Waals surface area (Å²) in [5, 5.41) is 8.97. The number of carbonyl (C=O) groups is 1. The van der Waals surface area contributed by atoms with Crippen LogP contribution >= 0.6 is 0 Å². The third-order valence-corrected chi connectivity index (χ3v) is 4.23. The van der Waals surface area contributed by atoms with Crippen LogP contribution in [0.15, 0.2) is 48.5 Å². The van der Waals surface area contributed by atoms with Gasteiger partial charge in [-0.1, -0.05) is 18.2 Å². The Morgan fingerprint density at radius 2 is 1.83 bits per heavy atom. The normalized spacial score (nSPS) is 14.2. The first kappa shape index (κ1) is 15.9. The van der Waals surface area contributed by atoms with Gasteiger partial charge in [0.15, 0.2) is 0 Å². The van der Waals surface area contributed by atoms with Crippen LogP contribution in [0.1, 0.15) is 15.9 Å². The fraction of sp³-hybridized carbons (Fsp3) is 0.263. The topological polar surface area (TPSA) is 56.6 Å². The summed E-state index contributed by atoms with van der Waals surface area (Å²) in [4.78, 5) is 16.7. The van der Waals surface area contributed by atoms with Gasteiger partial charge < -0.3 is 14.5 Å². The summed E-state index contributed by atoms with van der Waals surface area (Å²) in [7, 11) is 1.67. The highest BCUT2D eigenvalue weighted by Crippen LogP contribution is 2.28. The van der Waals surface area contributed by atoms with Gasteiger partial charge in [-0.2, -0.15) is 5.26 Å². The molecule has 0 bridgehead atoms. The number of ether oxygens (including phenoxy) is 1. The van der Waals surface area contributed by atoms with E-state index in [1.165, 1.54) is 0 Å². The van der Waals surface area contributed by atoms with E-state index in [-0.39, 0.29) is 5.91 Å². The van der Waals surface area contributed by atoms with E-state index in [1.807, 2.05) is 29.2 Å². The van der Waals surface area contributed by atoms with Crippen molar-refractivity contribution in [3.63, 3.8) is 0 Å². The predicted molar refractivity (Wildman–Crippen MR) is 92.3 cm³/mol. The first-order valence-electron chi connectivity index (χ1n) is 7.90. The van der Waals surface area contributed by atoms with Crippen LogP contribution < -0.4 is 9.64 Å². The Kier molecular flexibility index (Phi) is 4.66. The van der Waals surface area contributed by atoms with Crippen LogP contribution in [-0.4, -0.2) is 44.1 Å². The van der Waals surface area contributed by atoms with Crippen LogP contribution in [0.5, 0.6) is 5.75 Å². The fourth-order valence-electron chi connectivity index (χ4n) is 2.95. The molecule has 0 unspecified atom stereocenters. The van der Waals surface area contributed by atoms with Gasteiger partial charge >= 0.3 is 0 Å². The van der Waals surface area contributed by atoms with Crippen molar-refractivity contribution in [2.45, 2.75) is 0 Å². The highest BCUT2D eigenvalue weighted by atomic mass is 16.5. The average molecular weight is 321 g/mol. The lowest BCUT2D eigenvalue weighted by Gasteiger charge is -2.36. The smallest absolute Gasteiger partial charge is 0.254 e. The van der Waals surface area contributed by atoms with Crippen LogP contribution in [0, 0.1) is 11.3 Å². The standard InChI is InChI=1S/C19H19N3O2/c1-24-18-8-3-2-7-17(18)21-9-11-22(12-10-21)19(23)16-6-4-5-15(13-16)14-20/h2-8,13H,9-12H2,1H3. The summed E-state index contributed by atoms with van der Waals surface area (Å²) in [6.45, 7) is 2.80. The van der Waals surface area contributed by atoms with Gasteiger partial charge in [-0.15, -0.1) is 0 Å². The second-order valence-corrected chi connectivity index (χ2v) is 5.64. The Balaban J connectivity index is 1.68. The second kappa shape index (κ2) is 7.05. The van der Waals surface area contributed by atoms with E-state index < -0.39 is 0 Å². The minimum absolute atomic E-state index is 0.0215. The maximum Gasteiger partial charge on any atom is 0.254 e. The molecule has 5 heteroatoms. The van der Waals surface area contributed by atoms with Crippen molar-refractivity contribution in [1.82, 2.24) is 4.90 Å². The van der Waals surface area contributed by atoms with Crippen LogP contribution in [-0.2, 0) is 0 Å². The van der Waals surface area contributed by atoms with E-state index in [0.29, 0.717) is 24.2 Å². The molecule has 0 radical (unpaired) electrons. The van der Waals surface area contributed by atoms with E-state index in [4.69, 9.17) is 10.00 Å². The molecular formula is C19H19N3O2. The molecule has 2 aromatic carbocycles. The SMILES string of the molecule is COc1ccccc1N1CCN(C(=O)c2cccc(C#N)c2)CC1. The molecule has 3 rings (SSSR count). The number of methoxy groups -OCH3 is 1. The summed E-state index contributed by atoms with van der Waals surface area (Å²) >= 11 is 0. The van der Waals surface area contributed by atoms with Gasteiger partial charge in [0.05, 0.1) is 24.4 Å². The number of hydrogen-bond acceptors (Lipinski definition) is 4. The maximum atomic E-state index is 12.6. The summed E-state index contributed by atoms with van der Waals surface area (Å²) in [6, 6.07) is 16.8. The first-order valence-corrected chi connectivity index (χ1v) is 7.90. The zero-order chi connectivity index (χ0) is 16.9. The Bertz CT molecular complexity index is 774. The largest absolute Gasteiger partial charge is 0.495 e. The van der Waals surface area contributed by atoms with Gasteiger partial charge in [0, 0.05) is 31.7 Å². The van der Waals surface area contributed by atoms with Crippen LogP contribution in [0.2, 0.25) is 0 Å². The molecule has 5 nitrogen and oxygen atoms in total. The number of benzene rings is 2. The molecule has 122 valence electrons. The minimum atomic E-state index is -0.0215. The Hall–Kier alpha value is -3.00. The van der Waals surface area contributed by atoms with Crippen molar-refractivity contribution in [2.75, 3.05) is 38.2 Å². The number of amides is 1. The molecule has 0 spiro atoms. The third-order valence-electron chi connectivity index (χ3n) is 4.23. The highest BCUT2D eigenvalue weighted by molar-refractivity contribution is 5.94. The van der Waals surface area contributed by atoms with Crippen molar-refractivity contribution in [3.8, 4) is 11.8 Å². The van der Waals surface area contributed by atoms with Crippen LogP contribution in [0.4, 0.5) is 5.69 Å². The summed E-state index contributed by atoms with van der Waals surface area (Å²) < 4.78 is 5.41. The molecule has 0 aromatic heterocycles. The fourth-order valence-corrected chi connectivity index (χ4v) is 2.95. The van der Waals surface area contributed by atoms with E-state index >= 15 is 0 Å². The summed E-state index contributed by atoms with van der Waals surface area (Å²) in [6.07, 6.45) is 0. The van der Waals surface area contributed by atoms with Crippen LogP contribution in [0.25, 0.3) is 0 Å². The number of anilines is 1. The zero-order valence-corrected chi connectivity index (χ0v) is 13.6.